The molecule has 0 atom stereocenters. The van der Waals surface area contributed by atoms with Crippen LogP contribution in [0.5, 0.6) is 0 Å². The van der Waals surface area contributed by atoms with Gasteiger partial charge in [0.05, 0.1) is 13.0 Å². The molecule has 0 unspecified atom stereocenters. The highest BCUT2D eigenvalue weighted by Crippen LogP contribution is 2.30. The van der Waals surface area contributed by atoms with Gasteiger partial charge in [0.15, 0.2) is 0 Å². The predicted molar refractivity (Wildman–Crippen MR) is 94.3 cm³/mol. The van der Waals surface area contributed by atoms with Crippen LogP contribution >= 0.6 is 0 Å². The summed E-state index contributed by atoms with van der Waals surface area (Å²) in [4.78, 5) is 17.9. The quantitative estimate of drug-likeness (QED) is 0.786. The molecule has 1 aromatic carbocycles. The number of rotatable bonds is 4. The summed E-state index contributed by atoms with van der Waals surface area (Å²) < 4.78 is 45.1. The molecule has 1 aromatic heterocycles. The molecule has 0 radical (unpaired) electrons. The van der Waals surface area contributed by atoms with Crippen molar-refractivity contribution in [1.29, 1.82) is 0 Å². The lowest BCUT2D eigenvalue weighted by molar-refractivity contribution is -0.127. The predicted octanol–water partition coefficient (Wildman–Crippen LogP) is 4.45. The molecule has 0 aliphatic carbocycles. The molecule has 1 fully saturated rings. The molecule has 0 spiro atoms. The van der Waals surface area contributed by atoms with Gasteiger partial charge in [-0.25, -0.2) is 9.78 Å². The molecule has 0 saturated carbocycles. The van der Waals surface area contributed by atoms with Crippen molar-refractivity contribution in [3.05, 3.63) is 42.2 Å². The third-order valence-electron chi connectivity index (χ3n) is 4.64. The maximum absolute atomic E-state index is 12.7. The molecule has 1 aliphatic rings. The summed E-state index contributed by atoms with van der Waals surface area (Å²) in [6, 6.07) is 6.55. The summed E-state index contributed by atoms with van der Waals surface area (Å²) >= 11 is 0. The number of nitrogens with zero attached hydrogens (tertiary/aromatic N) is 3. The molecule has 0 N–H and O–H groups in total. The summed E-state index contributed by atoms with van der Waals surface area (Å²) in [5, 5.41) is 0. The fourth-order valence-electron chi connectivity index (χ4n) is 3.42. The number of hydrogen-bond acceptors (Lipinski definition) is 3. The fraction of sp³-hybridized carbons (Fsp3) is 0.474. The zero-order valence-electron chi connectivity index (χ0n) is 15.1. The molecule has 1 amide bonds. The molecule has 8 heteroatoms. The van der Waals surface area contributed by atoms with Gasteiger partial charge in [0.2, 0.25) is 0 Å². The number of amides is 1. The summed E-state index contributed by atoms with van der Waals surface area (Å²) in [5.41, 5.74) is 0.876. The minimum atomic E-state index is -4.24. The topological polar surface area (TPSA) is 47.4 Å². The Morgan fingerprint density at radius 1 is 1.30 bits per heavy atom. The fourth-order valence-corrected chi connectivity index (χ4v) is 3.42. The van der Waals surface area contributed by atoms with Crippen LogP contribution in [-0.2, 0) is 11.2 Å². The van der Waals surface area contributed by atoms with Crippen LogP contribution in [0.1, 0.15) is 31.4 Å². The Hall–Kier alpha value is -2.51. The lowest BCUT2D eigenvalue weighted by Crippen LogP contribution is -2.39. The van der Waals surface area contributed by atoms with Gasteiger partial charge in [0.1, 0.15) is 5.82 Å². The van der Waals surface area contributed by atoms with Crippen molar-refractivity contribution in [2.45, 2.75) is 38.4 Å². The summed E-state index contributed by atoms with van der Waals surface area (Å²) in [6.07, 6.45) is -0.524. The van der Waals surface area contributed by atoms with Crippen LogP contribution < -0.4 is 0 Å². The Bertz CT molecular complexity index is 781. The second kappa shape index (κ2) is 8.02. The van der Waals surface area contributed by atoms with Crippen LogP contribution in [0.4, 0.5) is 18.0 Å². The first-order valence-corrected chi connectivity index (χ1v) is 8.98. The van der Waals surface area contributed by atoms with E-state index in [0.717, 1.165) is 12.8 Å². The van der Waals surface area contributed by atoms with Gasteiger partial charge >= 0.3 is 12.3 Å². The molecule has 0 bridgehead atoms. The van der Waals surface area contributed by atoms with Crippen molar-refractivity contribution in [2.24, 2.45) is 0 Å². The number of halogens is 3. The number of piperidine rings is 1. The number of imidazole rings is 1. The van der Waals surface area contributed by atoms with E-state index in [9.17, 15) is 18.0 Å². The summed E-state index contributed by atoms with van der Waals surface area (Å²) in [7, 11) is 0. The van der Waals surface area contributed by atoms with Crippen LogP contribution in [-0.4, -0.2) is 46.4 Å². The smallest absolute Gasteiger partial charge is 0.409 e. The molecule has 27 heavy (non-hydrogen) atoms. The van der Waals surface area contributed by atoms with Crippen LogP contribution in [0.2, 0.25) is 0 Å². The minimum Gasteiger partial charge on any atom is -0.450 e. The van der Waals surface area contributed by atoms with Crippen LogP contribution in [0.3, 0.4) is 0 Å². The Balaban J connectivity index is 1.74. The van der Waals surface area contributed by atoms with Crippen molar-refractivity contribution in [3.8, 4) is 11.4 Å². The van der Waals surface area contributed by atoms with E-state index in [-0.39, 0.29) is 17.7 Å². The number of benzene rings is 1. The molecular weight excluding hydrogens is 359 g/mol. The van der Waals surface area contributed by atoms with Crippen molar-refractivity contribution >= 4 is 6.09 Å². The van der Waals surface area contributed by atoms with Gasteiger partial charge in [0, 0.05) is 37.1 Å². The average molecular weight is 381 g/mol. The molecular formula is C19H22F3N3O2. The average Bonchev–Trinajstić information content (AvgIpc) is 3.10. The van der Waals surface area contributed by atoms with Gasteiger partial charge in [-0.2, -0.15) is 13.2 Å². The van der Waals surface area contributed by atoms with E-state index in [1.54, 1.807) is 36.2 Å². The number of likely N-dealkylation sites (tertiary alicyclic amines) is 1. The van der Waals surface area contributed by atoms with Gasteiger partial charge in [0.25, 0.3) is 0 Å². The molecule has 146 valence electrons. The maximum Gasteiger partial charge on any atom is 0.409 e. The van der Waals surface area contributed by atoms with E-state index in [1.165, 1.54) is 6.07 Å². The van der Waals surface area contributed by atoms with E-state index >= 15 is 0 Å². The highest BCUT2D eigenvalue weighted by Gasteiger charge is 2.28. The zero-order chi connectivity index (χ0) is 19.4. The number of hydrogen-bond donors (Lipinski definition) is 0. The maximum atomic E-state index is 12.7. The summed E-state index contributed by atoms with van der Waals surface area (Å²) in [6.45, 7) is 3.28. The van der Waals surface area contributed by atoms with E-state index in [0.29, 0.717) is 31.1 Å². The molecule has 1 saturated heterocycles. The third-order valence-corrected chi connectivity index (χ3v) is 4.64. The van der Waals surface area contributed by atoms with Crippen molar-refractivity contribution < 1.29 is 22.7 Å². The highest BCUT2D eigenvalue weighted by atomic mass is 19.4. The van der Waals surface area contributed by atoms with E-state index < -0.39 is 12.6 Å². The SMILES string of the molecule is CCOC(=O)N1CCC(n2ccnc2-c2cccc(CC(F)(F)F)c2)CC1. The van der Waals surface area contributed by atoms with Crippen LogP contribution in [0.15, 0.2) is 36.7 Å². The number of ether oxygens (including phenoxy) is 1. The Labute approximate surface area is 155 Å². The largest absolute Gasteiger partial charge is 0.450 e. The Kier molecular flexibility index (Phi) is 5.72. The lowest BCUT2D eigenvalue weighted by Gasteiger charge is -2.32. The summed E-state index contributed by atoms with van der Waals surface area (Å²) in [5.74, 6) is 0.647. The number of carbonyl (C=O) groups is 1. The number of carbonyl (C=O) groups excluding carboxylic acids is 1. The molecule has 2 aromatic rings. The van der Waals surface area contributed by atoms with Gasteiger partial charge in [-0.1, -0.05) is 18.2 Å². The van der Waals surface area contributed by atoms with Crippen LogP contribution in [0, 0.1) is 0 Å². The highest BCUT2D eigenvalue weighted by molar-refractivity contribution is 5.67. The van der Waals surface area contributed by atoms with Gasteiger partial charge in [-0.3, -0.25) is 0 Å². The monoisotopic (exact) mass is 381 g/mol. The number of alkyl halides is 3. The molecule has 2 heterocycles. The van der Waals surface area contributed by atoms with Crippen molar-refractivity contribution in [2.75, 3.05) is 19.7 Å². The van der Waals surface area contributed by atoms with E-state index in [2.05, 4.69) is 4.98 Å². The third kappa shape index (κ3) is 4.81. The van der Waals surface area contributed by atoms with E-state index in [4.69, 9.17) is 4.74 Å². The van der Waals surface area contributed by atoms with Crippen molar-refractivity contribution in [1.82, 2.24) is 14.5 Å². The van der Waals surface area contributed by atoms with E-state index in [1.807, 2.05) is 10.8 Å². The number of aromatic nitrogens is 2. The van der Waals surface area contributed by atoms with Gasteiger partial charge < -0.3 is 14.2 Å². The first-order valence-electron chi connectivity index (χ1n) is 8.98. The van der Waals surface area contributed by atoms with Crippen molar-refractivity contribution in [3.63, 3.8) is 0 Å². The first-order chi connectivity index (χ1) is 12.9. The molecule has 1 aliphatic heterocycles. The molecule has 5 nitrogen and oxygen atoms in total. The van der Waals surface area contributed by atoms with Gasteiger partial charge in [-0.15, -0.1) is 0 Å². The second-order valence-corrected chi connectivity index (χ2v) is 6.57. The van der Waals surface area contributed by atoms with Crippen LogP contribution in [0.25, 0.3) is 11.4 Å². The minimum absolute atomic E-state index is 0.138. The van der Waals surface area contributed by atoms with Gasteiger partial charge in [-0.05, 0) is 31.4 Å². The lowest BCUT2D eigenvalue weighted by atomic mass is 10.0. The Morgan fingerprint density at radius 2 is 2.04 bits per heavy atom. The second-order valence-electron chi connectivity index (χ2n) is 6.57. The standard InChI is InChI=1S/C19H22F3N3O2/c1-2-27-18(26)24-9-6-16(7-10-24)25-11-8-23-17(25)15-5-3-4-14(12-15)13-19(20,21)22/h3-5,8,11-12,16H,2,6-7,9-10,13H2,1H3. The first kappa shape index (κ1) is 19.3. The normalized spacial score (nSPS) is 15.8. The zero-order valence-corrected chi connectivity index (χ0v) is 15.1. The Morgan fingerprint density at radius 3 is 2.70 bits per heavy atom. The molecule has 3 rings (SSSR count).